The highest BCUT2D eigenvalue weighted by molar-refractivity contribution is 6.34. The second kappa shape index (κ2) is 29.3. The molecule has 0 radical (unpaired) electrons. The van der Waals surface area contributed by atoms with Gasteiger partial charge in [0.2, 0.25) is 0 Å². The number of halogens is 2. The first-order chi connectivity index (χ1) is 53.4. The minimum Gasteiger partial charge on any atom is -0.481 e. The summed E-state index contributed by atoms with van der Waals surface area (Å²) in [7, 11) is 0. The number of carbonyl (C=O) groups excluding carboxylic acids is 3. The van der Waals surface area contributed by atoms with Crippen LogP contribution in [0.3, 0.4) is 0 Å². The molecule has 4 aliphatic rings. The normalized spacial score (nSPS) is 21.5. The van der Waals surface area contributed by atoms with Crippen molar-refractivity contribution in [2.45, 2.75) is 41.4 Å². The van der Waals surface area contributed by atoms with E-state index < -0.39 is 128 Å². The van der Waals surface area contributed by atoms with Gasteiger partial charge in [-0.15, -0.1) is 0 Å². The number of carboxylic acids is 3. The fourth-order valence-electron chi connectivity index (χ4n) is 17.9. The van der Waals surface area contributed by atoms with Crippen LogP contribution in [0.4, 0.5) is 11.4 Å². The molecule has 0 amide bonds. The van der Waals surface area contributed by atoms with E-state index in [0.717, 1.165) is 22.3 Å². The lowest BCUT2D eigenvalue weighted by Crippen LogP contribution is -2.52. The number of ether oxygens (including phenoxy) is 3. The molecule has 0 spiro atoms. The second-order valence-electron chi connectivity index (χ2n) is 28.2. The molecule has 0 aromatic heterocycles. The maximum atomic E-state index is 15.5. The molecular formula is C90H64Cl2N2O16. The Bertz CT molecular complexity index is 5660. The molecule has 3 saturated carbocycles. The molecule has 0 bridgehead atoms. The van der Waals surface area contributed by atoms with Crippen molar-refractivity contribution in [3.8, 4) is 56.0 Å². The number of hydrogen-bond donors (Lipinski definition) is 3. The van der Waals surface area contributed by atoms with Crippen LogP contribution in [-0.2, 0) is 33.5 Å². The van der Waals surface area contributed by atoms with Crippen LogP contribution in [0, 0.1) is 55.7 Å². The van der Waals surface area contributed by atoms with Crippen LogP contribution in [0.5, 0.6) is 11.5 Å². The van der Waals surface area contributed by atoms with E-state index in [1.54, 1.807) is 170 Å². The highest BCUT2D eigenvalue weighted by Gasteiger charge is 2.64. The Morgan fingerprint density at radius 2 is 0.818 bits per heavy atom. The Labute approximate surface area is 639 Å². The van der Waals surface area contributed by atoms with E-state index in [9.17, 15) is 59.5 Å². The number of aliphatic carboxylic acids is 3. The summed E-state index contributed by atoms with van der Waals surface area (Å²) >= 11 is 14.3. The van der Waals surface area contributed by atoms with Gasteiger partial charge in [0, 0.05) is 74.6 Å². The summed E-state index contributed by atoms with van der Waals surface area (Å²) in [4.78, 5) is 111. The van der Waals surface area contributed by atoms with Crippen molar-refractivity contribution in [1.82, 2.24) is 0 Å². The van der Waals surface area contributed by atoms with E-state index >= 15 is 4.79 Å². The first-order valence-electron chi connectivity index (χ1n) is 35.7. The van der Waals surface area contributed by atoms with E-state index in [1.165, 1.54) is 48.5 Å². The summed E-state index contributed by atoms with van der Waals surface area (Å²) in [5, 5.41) is 61.0. The van der Waals surface area contributed by atoms with E-state index in [2.05, 4.69) is 0 Å². The van der Waals surface area contributed by atoms with Gasteiger partial charge in [-0.3, -0.25) is 49.0 Å². The van der Waals surface area contributed by atoms with Gasteiger partial charge in [-0.2, -0.15) is 0 Å². The number of fused-ring (bicyclic) bond motifs is 4. The first-order valence-corrected chi connectivity index (χ1v) is 36.5. The molecule has 110 heavy (non-hydrogen) atoms. The Hall–Kier alpha value is -12.9. The van der Waals surface area contributed by atoms with Crippen molar-refractivity contribution < 1.29 is 68.1 Å². The molecule has 544 valence electrons. The smallest absolute Gasteiger partial charge is 0.315 e. The third-order valence-electron chi connectivity index (χ3n) is 22.7. The predicted octanol–water partition coefficient (Wildman–Crippen LogP) is 19.1. The standard InChI is InChI=1S/C90H64Cl2N2O16/c91-68-39-13-11-33-63(68)73-78(86(97)98)75(81(73)88(101)108-47-67-61-31-9-7-29-59(61)60-30-8-10-32-62(60)67)65-37-18-35-57(83(65)92)54-42-43-56-52(45-54)27-17-41-70(56)110-90(103)82-74(64-34-12-14-40-69(64)93(104)105)79(87(99)100)76(82)66-38-19-36-58(84(66)94(106)107)53-26-15-24-50(44-53)51-25-16-28-55(46-51)109-89(102)80-71(48-20-3-1-4-21-48)77(85(95)96)72(80)49-22-5-2-6-23-49/h1-46,67,71-82H,47H2,(H,95,96)(H,97,98)(H,99,100)/t71-,72-,73-,74-,75-,76-,77?,78+,79+,80?,81+,82+/m0/s1. The van der Waals surface area contributed by atoms with Crippen LogP contribution in [0.1, 0.15) is 85.9 Å². The van der Waals surface area contributed by atoms with Gasteiger partial charge in [-0.25, -0.2) is 0 Å². The zero-order valence-corrected chi connectivity index (χ0v) is 59.6. The molecule has 3 fully saturated rings. The third-order valence-corrected chi connectivity index (χ3v) is 23.5. The number of para-hydroxylation sites is 2. The van der Waals surface area contributed by atoms with Gasteiger partial charge in [0.25, 0.3) is 11.4 Å². The van der Waals surface area contributed by atoms with Crippen LogP contribution in [0.25, 0.3) is 55.3 Å². The van der Waals surface area contributed by atoms with Gasteiger partial charge in [0.1, 0.15) is 18.1 Å². The van der Waals surface area contributed by atoms with E-state index in [-0.39, 0.29) is 50.8 Å². The Morgan fingerprint density at radius 1 is 0.364 bits per heavy atom. The molecule has 0 aliphatic heterocycles. The monoisotopic (exact) mass is 1500 g/mol. The molecule has 3 N–H and O–H groups in total. The number of hydrogen-bond acceptors (Lipinski definition) is 13. The molecule has 0 unspecified atom stereocenters. The highest BCUT2D eigenvalue weighted by Crippen LogP contribution is 2.64. The number of esters is 3. The number of nitro benzene ring substituents is 2. The van der Waals surface area contributed by atoms with Crippen molar-refractivity contribution in [1.29, 1.82) is 0 Å². The quantitative estimate of drug-likeness (QED) is 0.0261. The average molecular weight is 1500 g/mol. The highest BCUT2D eigenvalue weighted by atomic mass is 35.5. The van der Waals surface area contributed by atoms with Crippen molar-refractivity contribution in [3.63, 3.8) is 0 Å². The predicted molar refractivity (Wildman–Crippen MR) is 412 cm³/mol. The molecule has 18 nitrogen and oxygen atoms in total. The molecule has 16 rings (SSSR count). The van der Waals surface area contributed by atoms with Gasteiger partial charge in [0.05, 0.1) is 55.9 Å². The number of nitro groups is 2. The summed E-state index contributed by atoms with van der Waals surface area (Å²) in [6.07, 6.45) is 0. The number of carbonyl (C=O) groups is 6. The molecular weight excluding hydrogens is 1440 g/mol. The molecule has 10 atom stereocenters. The van der Waals surface area contributed by atoms with Gasteiger partial charge in [0.15, 0.2) is 0 Å². The maximum absolute atomic E-state index is 15.5. The SMILES string of the molecule is O=C(O)C1[C@H](c2ccccc2)C(C(=O)Oc2cccc(-c3cccc(-c4cccc([C@H]5[C@H](C(=O)O)[C@H](c6ccccc6[N+](=O)[O-])[C@H]5C(=O)Oc5cccc6cc(-c7cccc([C@H]8[C@H](C(=O)O)[C@H](c9ccccc9Cl)[C@H]8C(=O)OCC8c9ccccc9-c9ccccc98)c7Cl)ccc56)c4[N+](=O)[O-])c3)c2)[C@H]1c1ccccc1. The molecule has 20 heteroatoms. The van der Waals surface area contributed by atoms with E-state index in [1.807, 2.05) is 60.7 Å². The van der Waals surface area contributed by atoms with Crippen molar-refractivity contribution in [2.75, 3.05) is 6.61 Å². The minimum absolute atomic E-state index is 0.00502. The number of carboxylic acid groups (broad SMARTS) is 3. The summed E-state index contributed by atoms with van der Waals surface area (Å²) in [6, 6.07) is 79.0. The second-order valence-corrected chi connectivity index (χ2v) is 29.0. The molecule has 12 aromatic carbocycles. The minimum atomic E-state index is -1.65. The van der Waals surface area contributed by atoms with Gasteiger partial charge < -0.3 is 29.5 Å². The lowest BCUT2D eigenvalue weighted by molar-refractivity contribution is -0.386. The maximum Gasteiger partial charge on any atom is 0.315 e. The first kappa shape index (κ1) is 71.4. The van der Waals surface area contributed by atoms with Crippen molar-refractivity contribution in [3.05, 3.63) is 354 Å². The molecule has 0 heterocycles. The molecule has 12 aromatic rings. The number of benzene rings is 12. The van der Waals surface area contributed by atoms with Crippen LogP contribution >= 0.6 is 23.2 Å². The number of rotatable bonds is 21. The third kappa shape index (κ3) is 12.5. The van der Waals surface area contributed by atoms with E-state index in [4.69, 9.17) is 37.4 Å². The van der Waals surface area contributed by atoms with Crippen LogP contribution in [0.15, 0.2) is 279 Å². The zero-order valence-electron chi connectivity index (χ0n) is 58.1. The molecule has 0 saturated heterocycles. The Kier molecular flexibility index (Phi) is 19.0. The van der Waals surface area contributed by atoms with Crippen molar-refractivity contribution >= 4 is 81.2 Å². The summed E-state index contributed by atoms with van der Waals surface area (Å²) in [5.41, 5.74) is 7.42. The fourth-order valence-corrected chi connectivity index (χ4v) is 18.6. The lowest BCUT2D eigenvalue weighted by atomic mass is 9.52. The van der Waals surface area contributed by atoms with Crippen LogP contribution < -0.4 is 9.47 Å². The summed E-state index contributed by atoms with van der Waals surface area (Å²) in [5.74, 6) is -19.7. The van der Waals surface area contributed by atoms with E-state index in [0.29, 0.717) is 60.8 Å². The number of nitrogens with zero attached hydrogens (tertiary/aromatic N) is 2. The van der Waals surface area contributed by atoms with Crippen molar-refractivity contribution in [2.24, 2.45) is 35.5 Å². The zero-order chi connectivity index (χ0) is 76.3. The van der Waals surface area contributed by atoms with Gasteiger partial charge in [-0.1, -0.05) is 254 Å². The average Bonchev–Trinajstić information content (AvgIpc) is 0.765. The van der Waals surface area contributed by atoms with Crippen LogP contribution in [-0.4, -0.2) is 67.6 Å². The van der Waals surface area contributed by atoms with Gasteiger partial charge >= 0.3 is 35.8 Å². The lowest BCUT2D eigenvalue weighted by Gasteiger charge is -2.49. The van der Waals surface area contributed by atoms with Crippen LogP contribution in [0.2, 0.25) is 10.0 Å². The largest absolute Gasteiger partial charge is 0.481 e. The summed E-state index contributed by atoms with van der Waals surface area (Å²) < 4.78 is 18.8. The Morgan fingerprint density at radius 3 is 1.45 bits per heavy atom. The van der Waals surface area contributed by atoms with Gasteiger partial charge in [-0.05, 0) is 115 Å². The molecule has 4 aliphatic carbocycles. The fraction of sp³-hybridized carbons (Fsp3) is 0.156. The Balaban J connectivity index is 0.703. The summed E-state index contributed by atoms with van der Waals surface area (Å²) in [6.45, 7) is -0.0155. The topological polar surface area (TPSA) is 277 Å².